The number of nitrogens with one attached hydrogen (secondary N) is 1. The lowest BCUT2D eigenvalue weighted by Crippen LogP contribution is -1.86. The van der Waals surface area contributed by atoms with E-state index in [1.165, 1.54) is 6.07 Å². The summed E-state index contributed by atoms with van der Waals surface area (Å²) in [6, 6.07) is 6.50. The lowest BCUT2D eigenvalue weighted by Gasteiger charge is -2.03. The summed E-state index contributed by atoms with van der Waals surface area (Å²) in [5.41, 5.74) is 2.81. The molecule has 0 saturated heterocycles. The number of pyridine rings is 1. The number of hydrogen-bond donors (Lipinski definition) is 1. The van der Waals surface area contributed by atoms with Gasteiger partial charge in [-0.3, -0.25) is 5.10 Å². The molecule has 0 aliphatic carbocycles. The van der Waals surface area contributed by atoms with Crippen LogP contribution in [0.25, 0.3) is 22.2 Å². The van der Waals surface area contributed by atoms with Crippen LogP contribution in [-0.4, -0.2) is 15.2 Å². The van der Waals surface area contributed by atoms with Gasteiger partial charge in [0.25, 0.3) is 0 Å². The van der Waals surface area contributed by atoms with Crippen LogP contribution in [0.4, 0.5) is 8.78 Å². The van der Waals surface area contributed by atoms with E-state index >= 15 is 0 Å². The standard InChI is InChI=1S/C13H9F2N3/c1-7-4-8(2-3-10(7)14)9-5-11-12(16-6-9)13(15)18-17-11/h2-6H,1H3,(H,17,18). The van der Waals surface area contributed by atoms with Gasteiger partial charge in [-0.1, -0.05) is 6.07 Å². The minimum Gasteiger partial charge on any atom is -0.251 e. The molecule has 0 bridgehead atoms. The zero-order valence-corrected chi connectivity index (χ0v) is 9.54. The predicted octanol–water partition coefficient (Wildman–Crippen LogP) is 3.21. The molecule has 0 aliphatic rings. The zero-order valence-electron chi connectivity index (χ0n) is 9.54. The van der Waals surface area contributed by atoms with Gasteiger partial charge in [0.15, 0.2) is 0 Å². The highest BCUT2D eigenvalue weighted by Gasteiger charge is 2.08. The number of aromatic amines is 1. The lowest BCUT2D eigenvalue weighted by molar-refractivity contribution is 0.586. The molecule has 1 aromatic carbocycles. The van der Waals surface area contributed by atoms with E-state index in [1.54, 1.807) is 31.3 Å². The molecule has 0 amide bonds. The summed E-state index contributed by atoms with van der Waals surface area (Å²) in [6.07, 6.45) is 1.55. The molecule has 0 unspecified atom stereocenters. The molecule has 0 aliphatic heterocycles. The van der Waals surface area contributed by atoms with Crippen LogP contribution in [0.3, 0.4) is 0 Å². The molecule has 2 heterocycles. The fourth-order valence-electron chi connectivity index (χ4n) is 1.85. The number of fused-ring (bicyclic) bond motifs is 1. The Morgan fingerprint density at radius 1 is 1.11 bits per heavy atom. The van der Waals surface area contributed by atoms with E-state index < -0.39 is 5.95 Å². The maximum Gasteiger partial charge on any atom is 0.235 e. The van der Waals surface area contributed by atoms with Crippen LogP contribution >= 0.6 is 0 Å². The van der Waals surface area contributed by atoms with Crippen LogP contribution in [0.15, 0.2) is 30.5 Å². The van der Waals surface area contributed by atoms with E-state index in [2.05, 4.69) is 15.2 Å². The third-order valence-electron chi connectivity index (χ3n) is 2.84. The smallest absolute Gasteiger partial charge is 0.235 e. The molecule has 0 spiro atoms. The molecule has 0 radical (unpaired) electrons. The Bertz CT molecular complexity index is 734. The molecule has 2 aromatic heterocycles. The van der Waals surface area contributed by atoms with E-state index in [-0.39, 0.29) is 11.3 Å². The molecule has 0 fully saturated rings. The molecule has 3 nitrogen and oxygen atoms in total. The van der Waals surface area contributed by atoms with Crippen molar-refractivity contribution in [3.05, 3.63) is 47.8 Å². The fourth-order valence-corrected chi connectivity index (χ4v) is 1.85. The first-order chi connectivity index (χ1) is 8.65. The number of hydrogen-bond acceptors (Lipinski definition) is 2. The third-order valence-corrected chi connectivity index (χ3v) is 2.84. The van der Waals surface area contributed by atoms with Crippen LogP contribution in [0.5, 0.6) is 0 Å². The highest BCUT2D eigenvalue weighted by atomic mass is 19.1. The number of aromatic nitrogens is 3. The number of rotatable bonds is 1. The minimum absolute atomic E-state index is 0.206. The van der Waals surface area contributed by atoms with Crippen molar-refractivity contribution in [2.75, 3.05) is 0 Å². The molecule has 0 atom stereocenters. The van der Waals surface area contributed by atoms with Gasteiger partial charge in [0.2, 0.25) is 5.95 Å². The monoisotopic (exact) mass is 245 g/mol. The summed E-state index contributed by atoms with van der Waals surface area (Å²) in [4.78, 5) is 4.01. The molecule has 3 aromatic rings. The molecule has 3 rings (SSSR count). The lowest BCUT2D eigenvalue weighted by atomic mass is 10.0. The predicted molar refractivity (Wildman–Crippen MR) is 64.0 cm³/mol. The van der Waals surface area contributed by atoms with Gasteiger partial charge in [0.1, 0.15) is 16.9 Å². The van der Waals surface area contributed by atoms with Gasteiger partial charge in [0, 0.05) is 11.8 Å². The van der Waals surface area contributed by atoms with E-state index in [9.17, 15) is 8.78 Å². The highest BCUT2D eigenvalue weighted by molar-refractivity contribution is 5.80. The Morgan fingerprint density at radius 2 is 1.94 bits per heavy atom. The number of benzene rings is 1. The number of H-pyrrole nitrogens is 1. The first-order valence-electron chi connectivity index (χ1n) is 5.41. The fraction of sp³-hybridized carbons (Fsp3) is 0.0769. The second-order valence-corrected chi connectivity index (χ2v) is 4.09. The molecule has 5 heteroatoms. The van der Waals surface area contributed by atoms with Crippen molar-refractivity contribution >= 4 is 11.0 Å². The van der Waals surface area contributed by atoms with Gasteiger partial charge in [-0.15, -0.1) is 0 Å². The maximum atomic E-state index is 13.2. The van der Waals surface area contributed by atoms with Gasteiger partial charge in [-0.2, -0.15) is 9.49 Å². The second-order valence-electron chi connectivity index (χ2n) is 4.09. The van der Waals surface area contributed by atoms with E-state index in [0.717, 1.165) is 11.1 Å². The summed E-state index contributed by atoms with van der Waals surface area (Å²) in [6.45, 7) is 1.69. The Labute approximate surface area is 101 Å². The summed E-state index contributed by atoms with van der Waals surface area (Å²) >= 11 is 0. The molecule has 1 N–H and O–H groups in total. The van der Waals surface area contributed by atoms with Gasteiger partial charge >= 0.3 is 0 Å². The topological polar surface area (TPSA) is 41.6 Å². The average Bonchev–Trinajstić information content (AvgIpc) is 2.74. The molecular formula is C13H9F2N3. The minimum atomic E-state index is -0.549. The van der Waals surface area contributed by atoms with Crippen molar-refractivity contribution in [2.45, 2.75) is 6.92 Å². The summed E-state index contributed by atoms with van der Waals surface area (Å²) < 4.78 is 26.4. The molecule has 90 valence electrons. The molecule has 18 heavy (non-hydrogen) atoms. The molecule has 0 saturated carbocycles. The average molecular weight is 245 g/mol. The largest absolute Gasteiger partial charge is 0.251 e. The van der Waals surface area contributed by atoms with Crippen molar-refractivity contribution in [3.8, 4) is 11.1 Å². The quantitative estimate of drug-likeness (QED) is 0.715. The van der Waals surface area contributed by atoms with Crippen LogP contribution < -0.4 is 0 Å². The van der Waals surface area contributed by atoms with Crippen molar-refractivity contribution in [1.82, 2.24) is 15.2 Å². The SMILES string of the molecule is Cc1cc(-c2cnc3c(F)[nH]nc3c2)ccc1F. The number of nitrogens with zero attached hydrogens (tertiary/aromatic N) is 2. The van der Waals surface area contributed by atoms with Crippen molar-refractivity contribution in [2.24, 2.45) is 0 Å². The highest BCUT2D eigenvalue weighted by Crippen LogP contribution is 2.24. The van der Waals surface area contributed by atoms with Gasteiger partial charge < -0.3 is 0 Å². The van der Waals surface area contributed by atoms with E-state index in [1.807, 2.05) is 0 Å². The molecular weight excluding hydrogens is 236 g/mol. The van der Waals surface area contributed by atoms with Gasteiger partial charge in [0.05, 0.1) is 0 Å². The summed E-state index contributed by atoms with van der Waals surface area (Å²) in [5, 5.41) is 6.04. The van der Waals surface area contributed by atoms with Crippen LogP contribution in [-0.2, 0) is 0 Å². The van der Waals surface area contributed by atoms with Gasteiger partial charge in [-0.05, 0) is 36.2 Å². The maximum absolute atomic E-state index is 13.2. The third kappa shape index (κ3) is 1.64. The Hall–Kier alpha value is -2.30. The Kier molecular flexibility index (Phi) is 2.33. The zero-order chi connectivity index (χ0) is 12.7. The normalized spacial score (nSPS) is 11.1. The van der Waals surface area contributed by atoms with E-state index in [4.69, 9.17) is 0 Å². The Balaban J connectivity index is 2.16. The summed E-state index contributed by atoms with van der Waals surface area (Å²) in [7, 11) is 0. The number of halogens is 2. The van der Waals surface area contributed by atoms with E-state index in [0.29, 0.717) is 11.1 Å². The first-order valence-corrected chi connectivity index (χ1v) is 5.41. The van der Waals surface area contributed by atoms with Crippen LogP contribution in [0, 0.1) is 18.7 Å². The second kappa shape index (κ2) is 3.87. The summed E-state index contributed by atoms with van der Waals surface area (Å²) in [5.74, 6) is -0.801. The van der Waals surface area contributed by atoms with Gasteiger partial charge in [-0.25, -0.2) is 9.37 Å². The van der Waals surface area contributed by atoms with Crippen molar-refractivity contribution in [3.63, 3.8) is 0 Å². The number of aryl methyl sites for hydroxylation is 1. The first kappa shape index (κ1) is 10.8. The van der Waals surface area contributed by atoms with Crippen LogP contribution in [0.2, 0.25) is 0 Å². The Morgan fingerprint density at radius 3 is 2.72 bits per heavy atom. The van der Waals surface area contributed by atoms with Crippen molar-refractivity contribution < 1.29 is 8.78 Å². The van der Waals surface area contributed by atoms with Crippen LogP contribution in [0.1, 0.15) is 5.56 Å². The van der Waals surface area contributed by atoms with Crippen molar-refractivity contribution in [1.29, 1.82) is 0 Å².